The van der Waals surface area contributed by atoms with Gasteiger partial charge in [-0.05, 0) is 36.8 Å². The highest BCUT2D eigenvalue weighted by atomic mass is 19.4. The lowest BCUT2D eigenvalue weighted by molar-refractivity contribution is -0.146. The van der Waals surface area contributed by atoms with Crippen LogP contribution in [0, 0.1) is 0 Å². The summed E-state index contributed by atoms with van der Waals surface area (Å²) >= 11 is 0. The van der Waals surface area contributed by atoms with Gasteiger partial charge in [-0.1, -0.05) is 23.4 Å². The van der Waals surface area contributed by atoms with E-state index in [2.05, 4.69) is 14.7 Å². The van der Waals surface area contributed by atoms with Gasteiger partial charge in [0.1, 0.15) is 5.69 Å². The Balaban J connectivity index is 1.85. The molecule has 0 aliphatic rings. The van der Waals surface area contributed by atoms with E-state index < -0.39 is 30.6 Å². The Bertz CT molecular complexity index is 1030. The van der Waals surface area contributed by atoms with Crippen LogP contribution in [-0.2, 0) is 11.5 Å². The van der Waals surface area contributed by atoms with E-state index in [0.717, 1.165) is 17.6 Å². The zero-order valence-corrected chi connectivity index (χ0v) is 14.5. The fourth-order valence-corrected chi connectivity index (χ4v) is 2.37. The Morgan fingerprint density at radius 3 is 2.64 bits per heavy atom. The van der Waals surface area contributed by atoms with Gasteiger partial charge in [0.05, 0.1) is 11.5 Å². The van der Waals surface area contributed by atoms with Gasteiger partial charge in [-0.25, -0.2) is 14.2 Å². The van der Waals surface area contributed by atoms with Gasteiger partial charge in [0, 0.05) is 6.20 Å². The molecule has 0 bridgehead atoms. The van der Waals surface area contributed by atoms with Crippen LogP contribution in [0.15, 0.2) is 58.0 Å². The van der Waals surface area contributed by atoms with Gasteiger partial charge < -0.3 is 4.74 Å². The summed E-state index contributed by atoms with van der Waals surface area (Å²) in [5, 5.41) is 3.54. The molecule has 146 valence electrons. The van der Waals surface area contributed by atoms with Gasteiger partial charge >= 0.3 is 17.9 Å². The number of pyridine rings is 1. The summed E-state index contributed by atoms with van der Waals surface area (Å²) in [6, 6.07) is 10.5. The predicted octanol–water partition coefficient (Wildman–Crippen LogP) is 3.38. The Morgan fingerprint density at radius 1 is 1.25 bits per heavy atom. The molecule has 10 heteroatoms. The second kappa shape index (κ2) is 7.67. The van der Waals surface area contributed by atoms with E-state index in [1.54, 1.807) is 18.2 Å². The van der Waals surface area contributed by atoms with Gasteiger partial charge in [-0.15, -0.1) is 0 Å². The number of alkyl halides is 3. The van der Waals surface area contributed by atoms with Gasteiger partial charge in [0.2, 0.25) is 5.82 Å². The topological polar surface area (TPSA) is 87.2 Å². The highest BCUT2D eigenvalue weighted by molar-refractivity contribution is 5.89. The Hall–Kier alpha value is -3.43. The molecule has 3 rings (SSSR count). The minimum Gasteiger partial charge on any atom is -0.440 e. The monoisotopic (exact) mass is 393 g/mol. The lowest BCUT2D eigenvalue weighted by atomic mass is 10.0. The first-order chi connectivity index (χ1) is 13.3. The molecule has 1 aromatic carbocycles. The van der Waals surface area contributed by atoms with Gasteiger partial charge in [0.25, 0.3) is 0 Å². The average molecular weight is 393 g/mol. The van der Waals surface area contributed by atoms with E-state index in [0.29, 0.717) is 0 Å². The van der Waals surface area contributed by atoms with Crippen molar-refractivity contribution in [3.63, 3.8) is 0 Å². The zero-order valence-electron chi connectivity index (χ0n) is 14.5. The van der Waals surface area contributed by atoms with E-state index >= 15 is 0 Å². The number of carbonyl (C=O) groups is 1. The molecule has 0 aliphatic carbocycles. The van der Waals surface area contributed by atoms with Crippen LogP contribution in [-0.4, -0.2) is 26.9 Å². The number of aromatic nitrogens is 3. The molecule has 0 fully saturated rings. The molecule has 0 saturated heterocycles. The second-order valence-corrected chi connectivity index (χ2v) is 5.86. The fourth-order valence-electron chi connectivity index (χ4n) is 2.37. The van der Waals surface area contributed by atoms with Crippen LogP contribution < -0.4 is 5.76 Å². The third-order valence-corrected chi connectivity index (χ3v) is 4.02. The van der Waals surface area contributed by atoms with Crippen LogP contribution >= 0.6 is 0 Å². The summed E-state index contributed by atoms with van der Waals surface area (Å²) < 4.78 is 49.4. The minimum absolute atomic E-state index is 0.0183. The van der Waals surface area contributed by atoms with Crippen molar-refractivity contribution < 1.29 is 27.2 Å². The molecule has 0 saturated carbocycles. The van der Waals surface area contributed by atoms with Crippen molar-refractivity contribution in [1.82, 2.24) is 14.7 Å². The maximum absolute atomic E-state index is 13.0. The lowest BCUT2D eigenvalue weighted by Gasteiger charge is -2.16. The largest absolute Gasteiger partial charge is 0.444 e. The van der Waals surface area contributed by atoms with Crippen LogP contribution in [0.3, 0.4) is 0 Å². The SMILES string of the molecule is CC(c1ccnc(-c2noc(=O)n2COC(=O)c2ccccc2)c1)C(F)(F)F. The molecule has 0 radical (unpaired) electrons. The summed E-state index contributed by atoms with van der Waals surface area (Å²) in [5.74, 6) is -3.52. The standard InChI is InChI=1S/C18H14F3N3O4/c1-11(18(19,20)21)13-7-8-22-14(9-13)15-23-28-17(26)24(15)10-27-16(25)12-5-3-2-4-6-12/h2-9,11H,10H2,1H3. The highest BCUT2D eigenvalue weighted by Crippen LogP contribution is 2.34. The first-order valence-corrected chi connectivity index (χ1v) is 8.09. The van der Waals surface area contributed by atoms with Crippen molar-refractivity contribution in [3.8, 4) is 11.5 Å². The minimum atomic E-state index is -4.44. The number of hydrogen-bond donors (Lipinski definition) is 0. The number of carbonyl (C=O) groups excluding carboxylic acids is 1. The Morgan fingerprint density at radius 2 is 1.96 bits per heavy atom. The molecule has 0 amide bonds. The number of nitrogens with zero attached hydrogens (tertiary/aromatic N) is 3. The zero-order chi connectivity index (χ0) is 20.3. The first kappa shape index (κ1) is 19.3. The lowest BCUT2D eigenvalue weighted by Crippen LogP contribution is -2.20. The second-order valence-electron chi connectivity index (χ2n) is 5.86. The number of benzene rings is 1. The van der Waals surface area contributed by atoms with Crippen LogP contribution in [0.5, 0.6) is 0 Å². The number of rotatable bonds is 5. The van der Waals surface area contributed by atoms with Crippen molar-refractivity contribution >= 4 is 5.97 Å². The van der Waals surface area contributed by atoms with Crippen molar-refractivity contribution in [3.05, 3.63) is 70.3 Å². The molecule has 1 unspecified atom stereocenters. The van der Waals surface area contributed by atoms with Crippen molar-refractivity contribution in [1.29, 1.82) is 0 Å². The molecule has 2 heterocycles. The van der Waals surface area contributed by atoms with Gasteiger partial charge in [-0.3, -0.25) is 9.51 Å². The van der Waals surface area contributed by atoms with Crippen molar-refractivity contribution in [2.75, 3.05) is 0 Å². The third kappa shape index (κ3) is 4.11. The summed E-state index contributed by atoms with van der Waals surface area (Å²) in [7, 11) is 0. The number of esters is 1. The third-order valence-electron chi connectivity index (χ3n) is 4.02. The summed E-state index contributed by atoms with van der Waals surface area (Å²) in [4.78, 5) is 27.8. The predicted molar refractivity (Wildman–Crippen MR) is 90.3 cm³/mol. The molecular weight excluding hydrogens is 379 g/mol. The van der Waals surface area contributed by atoms with E-state index in [4.69, 9.17) is 4.74 Å². The molecule has 0 spiro atoms. The van der Waals surface area contributed by atoms with E-state index in [9.17, 15) is 22.8 Å². The molecule has 7 nitrogen and oxygen atoms in total. The molecule has 3 aromatic rings. The molecule has 0 aliphatic heterocycles. The number of hydrogen-bond acceptors (Lipinski definition) is 6. The average Bonchev–Trinajstić information content (AvgIpc) is 3.06. The normalized spacial score (nSPS) is 12.6. The molecule has 2 aromatic heterocycles. The van der Waals surface area contributed by atoms with Crippen LogP contribution in [0.4, 0.5) is 13.2 Å². The quantitative estimate of drug-likeness (QED) is 0.618. The summed E-state index contributed by atoms with van der Waals surface area (Å²) in [6.07, 6.45) is -3.26. The van der Waals surface area contributed by atoms with E-state index in [1.807, 2.05) is 0 Å². The highest BCUT2D eigenvalue weighted by Gasteiger charge is 2.37. The molecule has 28 heavy (non-hydrogen) atoms. The number of halogens is 3. The van der Waals surface area contributed by atoms with E-state index in [-0.39, 0.29) is 22.6 Å². The van der Waals surface area contributed by atoms with Crippen molar-refractivity contribution in [2.45, 2.75) is 25.7 Å². The summed E-state index contributed by atoms with van der Waals surface area (Å²) in [6.45, 7) is 0.475. The summed E-state index contributed by atoms with van der Waals surface area (Å²) in [5.41, 5.74) is 0.198. The smallest absolute Gasteiger partial charge is 0.440 e. The number of ether oxygens (including phenoxy) is 1. The Labute approximate surface area is 156 Å². The van der Waals surface area contributed by atoms with Gasteiger partial charge in [-0.2, -0.15) is 13.2 Å². The molecular formula is C18H14F3N3O4. The van der Waals surface area contributed by atoms with E-state index in [1.165, 1.54) is 24.4 Å². The molecule has 1 atom stereocenters. The molecule has 0 N–H and O–H groups in total. The van der Waals surface area contributed by atoms with Crippen molar-refractivity contribution in [2.24, 2.45) is 0 Å². The van der Waals surface area contributed by atoms with Crippen LogP contribution in [0.1, 0.15) is 28.8 Å². The van der Waals surface area contributed by atoms with Gasteiger partial charge in [0.15, 0.2) is 6.73 Å². The maximum atomic E-state index is 13.0. The first-order valence-electron chi connectivity index (χ1n) is 8.09. The van der Waals surface area contributed by atoms with Crippen LogP contribution in [0.2, 0.25) is 0 Å². The van der Waals surface area contributed by atoms with Crippen LogP contribution in [0.25, 0.3) is 11.5 Å². The Kier molecular flexibility index (Phi) is 5.30. The fraction of sp³-hybridized carbons (Fsp3) is 0.222. The maximum Gasteiger partial charge on any atom is 0.444 e.